The molecule has 11 heteroatoms. The van der Waals surface area contributed by atoms with Gasteiger partial charge in [0, 0.05) is 12.3 Å². The lowest BCUT2D eigenvalue weighted by atomic mass is 10.1. The maximum absolute atomic E-state index is 12.5. The number of aryl methyl sites for hydroxylation is 1. The molecule has 0 bridgehead atoms. The van der Waals surface area contributed by atoms with E-state index in [9.17, 15) is 28.2 Å². The van der Waals surface area contributed by atoms with Crippen molar-refractivity contribution in [1.29, 1.82) is 0 Å². The average Bonchev–Trinajstić information content (AvgIpc) is 2.91. The van der Waals surface area contributed by atoms with E-state index < -0.39 is 52.5 Å². The normalized spacial score (nSPS) is 25.6. The second kappa shape index (κ2) is 7.37. The second-order valence-corrected chi connectivity index (χ2v) is 7.66. The Balaban J connectivity index is 1.89. The van der Waals surface area contributed by atoms with E-state index in [1.54, 1.807) is 19.1 Å². The number of nitrogens with one attached hydrogen (secondary N) is 1. The molecule has 146 valence electrons. The summed E-state index contributed by atoms with van der Waals surface area (Å²) in [4.78, 5) is 25.0. The van der Waals surface area contributed by atoms with Crippen LogP contribution in [0.15, 0.2) is 51.0 Å². The number of aliphatic hydroxyl groups is 2. The van der Waals surface area contributed by atoms with Gasteiger partial charge in [-0.25, -0.2) is 4.79 Å². The second-order valence-electron chi connectivity index (χ2n) is 6.08. The maximum atomic E-state index is 12.5. The van der Waals surface area contributed by atoms with Crippen LogP contribution in [-0.4, -0.2) is 53.1 Å². The maximum Gasteiger partial charge on any atom is 0.330 e. The molecule has 27 heavy (non-hydrogen) atoms. The molecular weight excluding hydrogens is 380 g/mol. The number of aliphatic hydroxyl groups excluding tert-OH is 2. The van der Waals surface area contributed by atoms with Crippen molar-refractivity contribution in [3.05, 3.63) is 62.9 Å². The van der Waals surface area contributed by atoms with Gasteiger partial charge in [0.2, 0.25) is 0 Å². The molecule has 1 saturated heterocycles. The van der Waals surface area contributed by atoms with Gasteiger partial charge in [-0.1, -0.05) is 17.7 Å². The molecule has 0 unspecified atom stereocenters. The van der Waals surface area contributed by atoms with Crippen LogP contribution in [0.2, 0.25) is 0 Å². The summed E-state index contributed by atoms with van der Waals surface area (Å²) in [6.45, 7) is 1.14. The number of nitrogens with zero attached hydrogens (tertiary/aromatic N) is 1. The molecule has 0 amide bonds. The third-order valence-corrected chi connectivity index (χ3v) is 5.49. The third kappa shape index (κ3) is 3.87. The number of ether oxygens (including phenoxy) is 1. The van der Waals surface area contributed by atoms with Gasteiger partial charge in [0.1, 0.15) is 18.3 Å². The summed E-state index contributed by atoms with van der Waals surface area (Å²) in [5.74, 6) is 0. The van der Waals surface area contributed by atoms with E-state index >= 15 is 0 Å². The molecule has 0 radical (unpaired) electrons. The van der Waals surface area contributed by atoms with Crippen LogP contribution in [0.4, 0.5) is 0 Å². The van der Waals surface area contributed by atoms with Crippen LogP contribution < -0.4 is 11.2 Å². The van der Waals surface area contributed by atoms with Crippen molar-refractivity contribution in [2.75, 3.05) is 6.61 Å². The molecule has 0 aliphatic carbocycles. The van der Waals surface area contributed by atoms with Gasteiger partial charge >= 0.3 is 5.69 Å². The fourth-order valence-corrected chi connectivity index (χ4v) is 3.86. The zero-order valence-corrected chi connectivity index (χ0v) is 15.0. The predicted octanol–water partition coefficient (Wildman–Crippen LogP) is -1.13. The largest absolute Gasteiger partial charge is 0.394 e. The number of rotatable bonds is 5. The lowest BCUT2D eigenvalue weighted by Gasteiger charge is -2.19. The van der Waals surface area contributed by atoms with Crippen molar-refractivity contribution in [3.63, 3.8) is 0 Å². The van der Waals surface area contributed by atoms with Gasteiger partial charge in [-0.3, -0.25) is 18.5 Å². The fourth-order valence-electron chi connectivity index (χ4n) is 2.75. The van der Waals surface area contributed by atoms with Crippen LogP contribution in [0.5, 0.6) is 0 Å². The van der Waals surface area contributed by atoms with Crippen LogP contribution in [0.1, 0.15) is 11.8 Å². The van der Waals surface area contributed by atoms with Crippen LogP contribution in [0.25, 0.3) is 0 Å². The number of hydrogen-bond donors (Lipinski definition) is 3. The molecule has 1 aromatic heterocycles. The summed E-state index contributed by atoms with van der Waals surface area (Å²) in [6, 6.07) is 6.92. The van der Waals surface area contributed by atoms with E-state index in [1.165, 1.54) is 12.1 Å². The van der Waals surface area contributed by atoms with E-state index in [0.29, 0.717) is 0 Å². The highest BCUT2D eigenvalue weighted by Gasteiger charge is 2.48. The summed E-state index contributed by atoms with van der Waals surface area (Å²) in [6.07, 6.45) is -4.50. The molecule has 1 fully saturated rings. The van der Waals surface area contributed by atoms with E-state index in [4.69, 9.17) is 8.92 Å². The van der Waals surface area contributed by atoms with Crippen LogP contribution in [0.3, 0.4) is 0 Å². The predicted molar refractivity (Wildman–Crippen MR) is 91.6 cm³/mol. The van der Waals surface area contributed by atoms with Crippen LogP contribution >= 0.6 is 0 Å². The molecule has 1 aliphatic heterocycles. The number of H-pyrrole nitrogens is 1. The molecule has 4 atom stereocenters. The highest BCUT2D eigenvalue weighted by Crippen LogP contribution is 2.32. The lowest BCUT2D eigenvalue weighted by molar-refractivity contribution is -0.0543. The van der Waals surface area contributed by atoms with E-state index in [-0.39, 0.29) is 4.90 Å². The van der Waals surface area contributed by atoms with Crippen molar-refractivity contribution in [2.24, 2.45) is 0 Å². The zero-order chi connectivity index (χ0) is 19.8. The molecule has 0 spiro atoms. The number of aromatic amines is 1. The first-order valence-corrected chi connectivity index (χ1v) is 9.39. The monoisotopic (exact) mass is 398 g/mol. The van der Waals surface area contributed by atoms with Crippen molar-refractivity contribution in [2.45, 2.75) is 36.4 Å². The summed E-state index contributed by atoms with van der Waals surface area (Å²) in [5, 5.41) is 20.0. The molecule has 1 aromatic carbocycles. The van der Waals surface area contributed by atoms with Gasteiger partial charge < -0.3 is 14.9 Å². The van der Waals surface area contributed by atoms with Gasteiger partial charge in [-0.05, 0) is 19.1 Å². The molecule has 10 nitrogen and oxygen atoms in total. The third-order valence-electron chi connectivity index (χ3n) is 4.16. The minimum atomic E-state index is -4.26. The smallest absolute Gasteiger partial charge is 0.330 e. The molecule has 3 N–H and O–H groups in total. The Kier molecular flexibility index (Phi) is 5.31. The fraction of sp³-hybridized carbons (Fsp3) is 0.375. The summed E-state index contributed by atoms with van der Waals surface area (Å²) < 4.78 is 36.3. The Morgan fingerprint density at radius 2 is 1.89 bits per heavy atom. The average molecular weight is 398 g/mol. The standard InChI is InChI=1S/C16H18N2O8S/c1-9-2-4-10(5-3-9)27(23,24)26-14-11(8-19)25-15(13(14)21)18-7-6-12(20)17-16(18)22/h2-7,11,13-15,19,21H,8H2,1H3,(H,17,20,22)/t11-,13-,14-,15-/m1/s1. The van der Waals surface area contributed by atoms with Crippen molar-refractivity contribution < 1.29 is 27.6 Å². The summed E-state index contributed by atoms with van der Waals surface area (Å²) in [7, 11) is -4.26. The highest BCUT2D eigenvalue weighted by molar-refractivity contribution is 7.86. The van der Waals surface area contributed by atoms with Crippen molar-refractivity contribution in [1.82, 2.24) is 9.55 Å². The quantitative estimate of drug-likeness (QED) is 0.536. The first-order chi connectivity index (χ1) is 12.7. The molecule has 2 aromatic rings. The molecular formula is C16H18N2O8S. The van der Waals surface area contributed by atoms with Crippen molar-refractivity contribution in [3.8, 4) is 0 Å². The number of benzene rings is 1. The Morgan fingerprint density at radius 1 is 1.22 bits per heavy atom. The number of hydrogen-bond acceptors (Lipinski definition) is 8. The van der Waals surface area contributed by atoms with Gasteiger partial charge in [0.15, 0.2) is 6.23 Å². The Morgan fingerprint density at radius 3 is 2.48 bits per heavy atom. The van der Waals surface area contributed by atoms with Gasteiger partial charge in [0.25, 0.3) is 15.7 Å². The molecule has 3 rings (SSSR count). The lowest BCUT2D eigenvalue weighted by Crippen LogP contribution is -2.40. The Labute approximate surface area is 153 Å². The minimum Gasteiger partial charge on any atom is -0.394 e. The molecule has 1 aliphatic rings. The van der Waals surface area contributed by atoms with Gasteiger partial charge in [0.05, 0.1) is 11.5 Å². The van der Waals surface area contributed by atoms with Crippen LogP contribution in [0, 0.1) is 6.92 Å². The summed E-state index contributed by atoms with van der Waals surface area (Å²) >= 11 is 0. The Bertz CT molecular complexity index is 1030. The first kappa shape index (κ1) is 19.5. The van der Waals surface area contributed by atoms with Crippen molar-refractivity contribution >= 4 is 10.1 Å². The highest BCUT2D eigenvalue weighted by atomic mass is 32.2. The molecule has 2 heterocycles. The van der Waals surface area contributed by atoms with E-state index in [0.717, 1.165) is 22.4 Å². The van der Waals surface area contributed by atoms with Crippen LogP contribution in [-0.2, 0) is 19.0 Å². The molecule has 0 saturated carbocycles. The topological polar surface area (TPSA) is 148 Å². The number of aromatic nitrogens is 2. The van der Waals surface area contributed by atoms with E-state index in [2.05, 4.69) is 0 Å². The first-order valence-electron chi connectivity index (χ1n) is 7.99. The van der Waals surface area contributed by atoms with E-state index in [1.807, 2.05) is 4.98 Å². The minimum absolute atomic E-state index is 0.123. The summed E-state index contributed by atoms with van der Waals surface area (Å²) in [5.41, 5.74) is -0.647. The SMILES string of the molecule is Cc1ccc(S(=O)(=O)O[C@H]2[C@@H](O)[C@H](n3ccc(=O)[nH]c3=O)O[C@@H]2CO)cc1. The zero-order valence-electron chi connectivity index (χ0n) is 14.2. The Hall–Kier alpha value is -2.31. The van der Waals surface area contributed by atoms with Gasteiger partial charge in [-0.15, -0.1) is 0 Å². The van der Waals surface area contributed by atoms with Gasteiger partial charge in [-0.2, -0.15) is 8.42 Å².